The average Bonchev–Trinajstić information content (AvgIpc) is 2.59. The molecule has 0 aliphatic rings. The summed E-state index contributed by atoms with van der Waals surface area (Å²) in [5.74, 6) is 1.05. The molecule has 2 aromatic rings. The number of hydrogen-bond donors (Lipinski definition) is 2. The highest BCUT2D eigenvalue weighted by atomic mass is 16.5. The number of carbonyl (C=O) groups is 1. The summed E-state index contributed by atoms with van der Waals surface area (Å²) < 4.78 is 5.33. The fraction of sp³-hybridized carbons (Fsp3) is 0.389. The van der Waals surface area contributed by atoms with Crippen LogP contribution in [-0.4, -0.2) is 55.1 Å². The van der Waals surface area contributed by atoms with Gasteiger partial charge in [-0.25, -0.2) is 9.97 Å². The molecule has 0 bridgehead atoms. The van der Waals surface area contributed by atoms with Gasteiger partial charge in [0, 0.05) is 6.54 Å². The lowest BCUT2D eigenvalue weighted by molar-refractivity contribution is 0.0947. The first-order valence-electron chi connectivity index (χ1n) is 8.16. The monoisotopic (exact) mass is 343 g/mol. The summed E-state index contributed by atoms with van der Waals surface area (Å²) in [7, 11) is 5.62. The second-order valence-electron chi connectivity index (χ2n) is 6.03. The second kappa shape index (κ2) is 8.98. The molecular weight excluding hydrogens is 318 g/mol. The molecule has 7 heteroatoms. The number of rotatable bonds is 8. The number of hydrogen-bond acceptors (Lipinski definition) is 6. The van der Waals surface area contributed by atoms with Gasteiger partial charge in [-0.1, -0.05) is 6.07 Å². The summed E-state index contributed by atoms with van der Waals surface area (Å²) >= 11 is 0. The Labute approximate surface area is 148 Å². The van der Waals surface area contributed by atoms with Crippen LogP contribution in [0.5, 0.6) is 5.75 Å². The summed E-state index contributed by atoms with van der Waals surface area (Å²) in [4.78, 5) is 22.5. The number of amides is 1. The van der Waals surface area contributed by atoms with E-state index in [4.69, 9.17) is 4.74 Å². The summed E-state index contributed by atoms with van der Waals surface area (Å²) in [6, 6.07) is 5.83. The number of carbonyl (C=O) groups excluding carboxylic acids is 1. The van der Waals surface area contributed by atoms with Crippen molar-refractivity contribution in [2.75, 3.05) is 39.6 Å². The first-order chi connectivity index (χ1) is 12.0. The zero-order chi connectivity index (χ0) is 18.2. The van der Waals surface area contributed by atoms with Crippen LogP contribution >= 0.6 is 0 Å². The Bertz CT molecular complexity index is 701. The van der Waals surface area contributed by atoms with Crippen molar-refractivity contribution in [1.82, 2.24) is 20.2 Å². The summed E-state index contributed by atoms with van der Waals surface area (Å²) in [6.45, 7) is 3.53. The van der Waals surface area contributed by atoms with Gasteiger partial charge in [0.05, 0.1) is 25.2 Å². The van der Waals surface area contributed by atoms with E-state index >= 15 is 0 Å². The third kappa shape index (κ3) is 5.72. The first-order valence-corrected chi connectivity index (χ1v) is 8.16. The van der Waals surface area contributed by atoms with Gasteiger partial charge in [-0.15, -0.1) is 0 Å². The van der Waals surface area contributed by atoms with Gasteiger partial charge in [0.25, 0.3) is 5.91 Å². The van der Waals surface area contributed by atoms with Gasteiger partial charge < -0.3 is 20.3 Å². The minimum atomic E-state index is -0.217. The average molecular weight is 343 g/mol. The molecule has 0 saturated heterocycles. The van der Waals surface area contributed by atoms with Gasteiger partial charge in [-0.3, -0.25) is 4.79 Å². The van der Waals surface area contributed by atoms with Crippen LogP contribution in [0.25, 0.3) is 0 Å². The van der Waals surface area contributed by atoms with Crippen LogP contribution in [0.1, 0.15) is 22.5 Å². The van der Waals surface area contributed by atoms with Crippen molar-refractivity contribution in [2.45, 2.75) is 13.3 Å². The van der Waals surface area contributed by atoms with Crippen molar-refractivity contribution in [3.63, 3.8) is 0 Å². The number of ether oxygens (including phenoxy) is 1. The SMILES string of the molecule is COc1ccc(C)cc1Nc1cnc(C(=O)NCCCN(C)C)cn1. The van der Waals surface area contributed by atoms with Crippen LogP contribution in [0.15, 0.2) is 30.6 Å². The fourth-order valence-corrected chi connectivity index (χ4v) is 2.26. The normalized spacial score (nSPS) is 10.6. The third-order valence-electron chi connectivity index (χ3n) is 3.57. The van der Waals surface area contributed by atoms with Gasteiger partial charge in [0.15, 0.2) is 0 Å². The van der Waals surface area contributed by atoms with E-state index in [1.807, 2.05) is 39.2 Å². The third-order valence-corrected chi connectivity index (χ3v) is 3.57. The molecular formula is C18H25N5O2. The van der Waals surface area contributed by atoms with Gasteiger partial charge in [0.1, 0.15) is 17.3 Å². The van der Waals surface area contributed by atoms with Crippen molar-refractivity contribution >= 4 is 17.4 Å². The Hall–Kier alpha value is -2.67. The van der Waals surface area contributed by atoms with Crippen LogP contribution in [0.2, 0.25) is 0 Å². The molecule has 2 rings (SSSR count). The molecule has 1 heterocycles. The van der Waals surface area contributed by atoms with E-state index in [1.54, 1.807) is 7.11 Å². The number of aryl methyl sites for hydroxylation is 1. The Balaban J connectivity index is 1.96. The van der Waals surface area contributed by atoms with E-state index in [0.29, 0.717) is 18.1 Å². The summed E-state index contributed by atoms with van der Waals surface area (Å²) in [5, 5.41) is 6.00. The molecule has 134 valence electrons. The maximum Gasteiger partial charge on any atom is 0.271 e. The van der Waals surface area contributed by atoms with E-state index in [2.05, 4.69) is 25.5 Å². The van der Waals surface area contributed by atoms with Gasteiger partial charge in [0.2, 0.25) is 0 Å². The van der Waals surface area contributed by atoms with E-state index in [0.717, 1.165) is 30.0 Å². The zero-order valence-corrected chi connectivity index (χ0v) is 15.2. The molecule has 0 spiro atoms. The highest BCUT2D eigenvalue weighted by Crippen LogP contribution is 2.27. The van der Waals surface area contributed by atoms with Crippen molar-refractivity contribution < 1.29 is 9.53 Å². The quantitative estimate of drug-likeness (QED) is 0.716. The van der Waals surface area contributed by atoms with Crippen molar-refractivity contribution in [1.29, 1.82) is 0 Å². The summed E-state index contributed by atoms with van der Waals surface area (Å²) in [6.07, 6.45) is 3.89. The molecule has 1 aromatic carbocycles. The first kappa shape index (κ1) is 18.7. The number of nitrogens with one attached hydrogen (secondary N) is 2. The minimum absolute atomic E-state index is 0.217. The molecule has 0 saturated carbocycles. The van der Waals surface area contributed by atoms with E-state index in [9.17, 15) is 4.79 Å². The van der Waals surface area contributed by atoms with E-state index < -0.39 is 0 Å². The standard InChI is InChI=1S/C18H25N5O2/c1-13-6-7-16(25-4)14(10-13)22-17-12-20-15(11-21-17)18(24)19-8-5-9-23(2)3/h6-7,10-12H,5,8-9H2,1-4H3,(H,19,24)(H,21,22). The Morgan fingerprint density at radius 2 is 2.04 bits per heavy atom. The largest absolute Gasteiger partial charge is 0.495 e. The van der Waals surface area contributed by atoms with E-state index in [-0.39, 0.29) is 5.91 Å². The maximum atomic E-state index is 12.0. The smallest absolute Gasteiger partial charge is 0.271 e. The van der Waals surface area contributed by atoms with Crippen LogP contribution in [0, 0.1) is 6.92 Å². The lowest BCUT2D eigenvalue weighted by Gasteiger charge is -2.12. The fourth-order valence-electron chi connectivity index (χ4n) is 2.26. The zero-order valence-electron chi connectivity index (χ0n) is 15.2. The van der Waals surface area contributed by atoms with Crippen molar-refractivity contribution in [2.24, 2.45) is 0 Å². The molecule has 1 aromatic heterocycles. The van der Waals surface area contributed by atoms with Crippen LogP contribution in [0.4, 0.5) is 11.5 Å². The number of anilines is 2. The number of aromatic nitrogens is 2. The predicted octanol–water partition coefficient (Wildman–Crippen LogP) is 2.22. The van der Waals surface area contributed by atoms with E-state index in [1.165, 1.54) is 12.4 Å². The van der Waals surface area contributed by atoms with Gasteiger partial charge in [-0.05, 0) is 51.7 Å². The maximum absolute atomic E-state index is 12.0. The second-order valence-corrected chi connectivity index (χ2v) is 6.03. The van der Waals surface area contributed by atoms with Gasteiger partial charge >= 0.3 is 0 Å². The van der Waals surface area contributed by atoms with Crippen LogP contribution in [-0.2, 0) is 0 Å². The highest BCUT2D eigenvalue weighted by Gasteiger charge is 2.09. The molecule has 25 heavy (non-hydrogen) atoms. The Kier molecular flexibility index (Phi) is 6.71. The van der Waals surface area contributed by atoms with Crippen molar-refractivity contribution in [3.8, 4) is 5.75 Å². The predicted molar refractivity (Wildman–Crippen MR) is 98.5 cm³/mol. The van der Waals surface area contributed by atoms with Crippen molar-refractivity contribution in [3.05, 3.63) is 41.9 Å². The topological polar surface area (TPSA) is 79.4 Å². The Morgan fingerprint density at radius 1 is 1.24 bits per heavy atom. The molecule has 7 nitrogen and oxygen atoms in total. The lowest BCUT2D eigenvalue weighted by Crippen LogP contribution is -2.27. The van der Waals surface area contributed by atoms with Gasteiger partial charge in [-0.2, -0.15) is 0 Å². The number of methoxy groups -OCH3 is 1. The molecule has 0 atom stereocenters. The van der Waals surface area contributed by atoms with Crippen LogP contribution < -0.4 is 15.4 Å². The summed E-state index contributed by atoms with van der Waals surface area (Å²) in [5.41, 5.74) is 2.20. The van der Waals surface area contributed by atoms with Crippen LogP contribution in [0.3, 0.4) is 0 Å². The lowest BCUT2D eigenvalue weighted by atomic mass is 10.2. The highest BCUT2D eigenvalue weighted by molar-refractivity contribution is 5.92. The molecule has 1 amide bonds. The Morgan fingerprint density at radius 3 is 2.68 bits per heavy atom. The minimum Gasteiger partial charge on any atom is -0.495 e. The molecule has 2 N–H and O–H groups in total. The molecule has 0 fully saturated rings. The number of nitrogens with zero attached hydrogens (tertiary/aromatic N) is 3. The molecule has 0 aliphatic carbocycles. The molecule has 0 aliphatic heterocycles. The number of benzene rings is 1. The molecule has 0 unspecified atom stereocenters. The molecule has 0 radical (unpaired) electrons.